The second kappa shape index (κ2) is 4.50. The van der Waals surface area contributed by atoms with Crippen LogP contribution in [-0.4, -0.2) is 25.8 Å². The highest BCUT2D eigenvalue weighted by atomic mass is 16.4. The number of aromatic carboxylic acids is 1. The molecule has 0 spiro atoms. The highest BCUT2D eigenvalue weighted by molar-refractivity contribution is 5.94. The Labute approximate surface area is 110 Å². The summed E-state index contributed by atoms with van der Waals surface area (Å²) in [4.78, 5) is 15.7. The maximum absolute atomic E-state index is 11.2. The van der Waals surface area contributed by atoms with Crippen LogP contribution in [-0.2, 0) is 6.42 Å². The second-order valence-corrected chi connectivity index (χ2v) is 4.89. The average Bonchev–Trinajstić information content (AvgIpc) is 2.84. The van der Waals surface area contributed by atoms with Crippen LogP contribution in [0.25, 0.3) is 11.4 Å². The lowest BCUT2D eigenvalue weighted by Gasteiger charge is -2.18. The minimum Gasteiger partial charge on any atom is -0.478 e. The number of carboxylic acid groups (broad SMARTS) is 1. The SMILES string of the molecule is CC1CCCc2nc(-c3ccccc3C(=O)O)nn21. The molecule has 5 heteroatoms. The van der Waals surface area contributed by atoms with Gasteiger partial charge in [-0.3, -0.25) is 0 Å². The Morgan fingerprint density at radius 1 is 1.42 bits per heavy atom. The van der Waals surface area contributed by atoms with Gasteiger partial charge >= 0.3 is 5.97 Å². The summed E-state index contributed by atoms with van der Waals surface area (Å²) in [5, 5.41) is 13.7. The van der Waals surface area contributed by atoms with E-state index >= 15 is 0 Å². The molecule has 0 amide bonds. The fraction of sp³-hybridized carbons (Fsp3) is 0.357. The number of nitrogens with zero attached hydrogens (tertiary/aromatic N) is 3. The summed E-state index contributed by atoms with van der Waals surface area (Å²) in [7, 11) is 0. The van der Waals surface area contributed by atoms with Gasteiger partial charge in [-0.25, -0.2) is 14.5 Å². The first-order valence-corrected chi connectivity index (χ1v) is 6.45. The minimum atomic E-state index is -0.948. The van der Waals surface area contributed by atoms with Crippen molar-refractivity contribution in [2.24, 2.45) is 0 Å². The quantitative estimate of drug-likeness (QED) is 0.897. The van der Waals surface area contributed by atoms with Crippen LogP contribution in [0.2, 0.25) is 0 Å². The molecular formula is C14H15N3O2. The number of carboxylic acids is 1. The number of hydrogen-bond donors (Lipinski definition) is 1. The van der Waals surface area contributed by atoms with Gasteiger partial charge in [-0.15, -0.1) is 0 Å². The lowest BCUT2D eigenvalue weighted by molar-refractivity contribution is 0.0697. The zero-order chi connectivity index (χ0) is 13.4. The number of benzene rings is 1. The van der Waals surface area contributed by atoms with Crippen molar-refractivity contribution in [2.45, 2.75) is 32.2 Å². The average molecular weight is 257 g/mol. The van der Waals surface area contributed by atoms with Crippen LogP contribution in [0.15, 0.2) is 24.3 Å². The Balaban J connectivity index is 2.11. The number of fused-ring (bicyclic) bond motifs is 1. The monoisotopic (exact) mass is 257 g/mol. The van der Waals surface area contributed by atoms with E-state index in [0.717, 1.165) is 25.1 Å². The van der Waals surface area contributed by atoms with Gasteiger partial charge in [0.15, 0.2) is 5.82 Å². The van der Waals surface area contributed by atoms with E-state index in [9.17, 15) is 9.90 Å². The third-order valence-corrected chi connectivity index (χ3v) is 3.54. The lowest BCUT2D eigenvalue weighted by atomic mass is 10.1. The Morgan fingerprint density at radius 2 is 2.21 bits per heavy atom. The molecule has 5 nitrogen and oxygen atoms in total. The van der Waals surface area contributed by atoms with Crippen LogP contribution in [0.1, 0.15) is 42.0 Å². The van der Waals surface area contributed by atoms with E-state index < -0.39 is 5.97 Å². The highest BCUT2D eigenvalue weighted by Gasteiger charge is 2.22. The van der Waals surface area contributed by atoms with Crippen molar-refractivity contribution >= 4 is 5.97 Å². The maximum atomic E-state index is 11.2. The second-order valence-electron chi connectivity index (χ2n) is 4.89. The molecule has 1 aromatic heterocycles. The van der Waals surface area contributed by atoms with Gasteiger partial charge in [0.05, 0.1) is 11.6 Å². The van der Waals surface area contributed by atoms with Gasteiger partial charge in [0, 0.05) is 12.0 Å². The molecule has 2 aromatic rings. The normalized spacial score (nSPS) is 18.1. The van der Waals surface area contributed by atoms with Crippen molar-refractivity contribution in [3.8, 4) is 11.4 Å². The molecule has 1 aliphatic heterocycles. The largest absolute Gasteiger partial charge is 0.478 e. The molecule has 98 valence electrons. The molecule has 3 rings (SSSR count). The molecule has 0 fully saturated rings. The van der Waals surface area contributed by atoms with Gasteiger partial charge in [0.1, 0.15) is 5.82 Å². The van der Waals surface area contributed by atoms with E-state index in [1.54, 1.807) is 18.2 Å². The summed E-state index contributed by atoms with van der Waals surface area (Å²) in [6.07, 6.45) is 3.11. The van der Waals surface area contributed by atoms with Gasteiger partial charge in [-0.05, 0) is 25.8 Å². The maximum Gasteiger partial charge on any atom is 0.336 e. The molecule has 1 aliphatic rings. The smallest absolute Gasteiger partial charge is 0.336 e. The Kier molecular flexibility index (Phi) is 2.81. The first-order chi connectivity index (χ1) is 9.16. The van der Waals surface area contributed by atoms with E-state index in [1.165, 1.54) is 0 Å². The molecule has 1 unspecified atom stereocenters. The third-order valence-electron chi connectivity index (χ3n) is 3.54. The van der Waals surface area contributed by atoms with Gasteiger partial charge in [0.25, 0.3) is 0 Å². The van der Waals surface area contributed by atoms with Crippen molar-refractivity contribution < 1.29 is 9.90 Å². The molecule has 19 heavy (non-hydrogen) atoms. The first-order valence-electron chi connectivity index (χ1n) is 6.45. The van der Waals surface area contributed by atoms with Crippen LogP contribution in [0.3, 0.4) is 0 Å². The lowest BCUT2D eigenvalue weighted by Crippen LogP contribution is -2.16. The summed E-state index contributed by atoms with van der Waals surface area (Å²) < 4.78 is 1.93. The summed E-state index contributed by atoms with van der Waals surface area (Å²) in [6.45, 7) is 2.12. The Hall–Kier alpha value is -2.17. The Morgan fingerprint density at radius 3 is 2.95 bits per heavy atom. The molecule has 1 atom stereocenters. The summed E-state index contributed by atoms with van der Waals surface area (Å²) >= 11 is 0. The summed E-state index contributed by atoms with van der Waals surface area (Å²) in [6, 6.07) is 7.20. The molecule has 0 saturated heterocycles. The van der Waals surface area contributed by atoms with Crippen molar-refractivity contribution in [1.29, 1.82) is 0 Å². The first kappa shape index (κ1) is 11.9. The standard InChI is InChI=1S/C14H15N3O2/c1-9-5-4-8-12-15-13(16-17(9)12)10-6-2-3-7-11(10)14(18)19/h2-3,6-7,9H,4-5,8H2,1H3,(H,18,19). The van der Waals surface area contributed by atoms with E-state index in [2.05, 4.69) is 17.0 Å². The predicted molar refractivity (Wildman–Crippen MR) is 70.1 cm³/mol. The van der Waals surface area contributed by atoms with Crippen LogP contribution < -0.4 is 0 Å². The van der Waals surface area contributed by atoms with Crippen LogP contribution in [0.4, 0.5) is 0 Å². The molecule has 0 saturated carbocycles. The zero-order valence-electron chi connectivity index (χ0n) is 10.7. The number of aryl methyl sites for hydroxylation is 1. The van der Waals surface area contributed by atoms with E-state index in [4.69, 9.17) is 0 Å². The predicted octanol–water partition coefficient (Wildman–Crippen LogP) is 2.54. The van der Waals surface area contributed by atoms with Crippen molar-refractivity contribution in [1.82, 2.24) is 14.8 Å². The molecule has 1 aromatic carbocycles. The molecule has 0 aliphatic carbocycles. The van der Waals surface area contributed by atoms with Crippen molar-refractivity contribution in [3.63, 3.8) is 0 Å². The van der Waals surface area contributed by atoms with Crippen LogP contribution in [0.5, 0.6) is 0 Å². The third kappa shape index (κ3) is 2.01. The van der Waals surface area contributed by atoms with E-state index in [1.807, 2.05) is 10.7 Å². The molecule has 2 heterocycles. The van der Waals surface area contributed by atoms with Crippen LogP contribution >= 0.6 is 0 Å². The fourth-order valence-corrected chi connectivity index (χ4v) is 2.54. The van der Waals surface area contributed by atoms with Crippen molar-refractivity contribution in [2.75, 3.05) is 0 Å². The minimum absolute atomic E-state index is 0.248. The van der Waals surface area contributed by atoms with E-state index in [-0.39, 0.29) is 5.56 Å². The number of rotatable bonds is 2. The van der Waals surface area contributed by atoms with E-state index in [0.29, 0.717) is 17.4 Å². The topological polar surface area (TPSA) is 68.0 Å². The molecular weight excluding hydrogens is 242 g/mol. The van der Waals surface area contributed by atoms with Crippen molar-refractivity contribution in [3.05, 3.63) is 35.7 Å². The van der Waals surface area contributed by atoms with Gasteiger partial charge in [0.2, 0.25) is 0 Å². The highest BCUT2D eigenvalue weighted by Crippen LogP contribution is 2.27. The molecule has 0 radical (unpaired) electrons. The van der Waals surface area contributed by atoms with Crippen LogP contribution in [0, 0.1) is 0 Å². The zero-order valence-corrected chi connectivity index (χ0v) is 10.7. The fourth-order valence-electron chi connectivity index (χ4n) is 2.54. The van der Waals surface area contributed by atoms with Gasteiger partial charge < -0.3 is 5.11 Å². The molecule has 0 bridgehead atoms. The number of aromatic nitrogens is 3. The van der Waals surface area contributed by atoms with Gasteiger partial charge in [-0.1, -0.05) is 18.2 Å². The number of carbonyl (C=O) groups is 1. The summed E-state index contributed by atoms with van der Waals surface area (Å²) in [5.74, 6) is 0.520. The van der Waals surface area contributed by atoms with Gasteiger partial charge in [-0.2, -0.15) is 5.10 Å². The summed E-state index contributed by atoms with van der Waals surface area (Å²) in [5.41, 5.74) is 0.835. The number of hydrogen-bond acceptors (Lipinski definition) is 3. The molecule has 1 N–H and O–H groups in total. The Bertz CT molecular complexity index is 633.